The van der Waals surface area contributed by atoms with Gasteiger partial charge in [0.25, 0.3) is 0 Å². The Labute approximate surface area is 80.2 Å². The summed E-state index contributed by atoms with van der Waals surface area (Å²) in [7, 11) is 2.23. The van der Waals surface area contributed by atoms with Gasteiger partial charge in [0.15, 0.2) is 0 Å². The van der Waals surface area contributed by atoms with E-state index in [1.165, 1.54) is 19.4 Å². The lowest BCUT2D eigenvalue weighted by Crippen LogP contribution is -2.53. The van der Waals surface area contributed by atoms with Crippen LogP contribution in [0.4, 0.5) is 0 Å². The van der Waals surface area contributed by atoms with Gasteiger partial charge in [-0.05, 0) is 38.9 Å². The molecule has 0 aromatic rings. The van der Waals surface area contributed by atoms with Gasteiger partial charge in [0.1, 0.15) is 0 Å². The third-order valence-electron chi connectivity index (χ3n) is 3.69. The Bertz CT molecular complexity index is 174. The summed E-state index contributed by atoms with van der Waals surface area (Å²) in [4.78, 5) is 2.49. The van der Waals surface area contributed by atoms with Crippen LogP contribution in [0.15, 0.2) is 0 Å². The minimum Gasteiger partial charge on any atom is -0.381 e. The first-order valence-corrected chi connectivity index (χ1v) is 5.31. The van der Waals surface area contributed by atoms with E-state index in [1.54, 1.807) is 0 Å². The Morgan fingerprint density at radius 3 is 3.08 bits per heavy atom. The molecule has 2 fully saturated rings. The Balaban J connectivity index is 2.05. The van der Waals surface area contributed by atoms with Gasteiger partial charge in [-0.1, -0.05) is 0 Å². The topological polar surface area (TPSA) is 38.5 Å². The molecule has 0 aromatic heterocycles. The lowest BCUT2D eigenvalue weighted by molar-refractivity contribution is -0.0514. The summed E-state index contributed by atoms with van der Waals surface area (Å²) in [6.45, 7) is 3.90. The van der Waals surface area contributed by atoms with Crippen molar-refractivity contribution < 1.29 is 4.74 Å². The van der Waals surface area contributed by atoms with Gasteiger partial charge in [-0.15, -0.1) is 0 Å². The molecule has 13 heavy (non-hydrogen) atoms. The van der Waals surface area contributed by atoms with Crippen LogP contribution in [0.25, 0.3) is 0 Å². The molecule has 2 heterocycles. The van der Waals surface area contributed by atoms with E-state index in [2.05, 4.69) is 11.9 Å². The average molecular weight is 184 g/mol. The zero-order valence-electron chi connectivity index (χ0n) is 8.41. The van der Waals surface area contributed by atoms with Gasteiger partial charge < -0.3 is 15.4 Å². The first-order valence-electron chi connectivity index (χ1n) is 5.31. The lowest BCUT2D eigenvalue weighted by Gasteiger charge is -2.46. The minimum absolute atomic E-state index is 0.692. The third-order valence-corrected chi connectivity index (χ3v) is 3.69. The van der Waals surface area contributed by atoms with Crippen molar-refractivity contribution in [3.8, 4) is 0 Å². The monoisotopic (exact) mass is 184 g/mol. The van der Waals surface area contributed by atoms with E-state index in [0.29, 0.717) is 11.8 Å². The van der Waals surface area contributed by atoms with Gasteiger partial charge in [0, 0.05) is 18.6 Å². The Kier molecular flexibility index (Phi) is 2.86. The Hall–Kier alpha value is -0.120. The van der Waals surface area contributed by atoms with E-state index in [0.717, 1.165) is 25.8 Å². The van der Waals surface area contributed by atoms with E-state index in [1.807, 2.05) is 0 Å². The Morgan fingerprint density at radius 2 is 2.31 bits per heavy atom. The summed E-state index contributed by atoms with van der Waals surface area (Å²) in [6, 6.07) is 0.732. The molecule has 76 valence electrons. The van der Waals surface area contributed by atoms with Gasteiger partial charge in [0.05, 0.1) is 6.61 Å². The number of rotatable bonds is 1. The van der Waals surface area contributed by atoms with Gasteiger partial charge in [-0.2, -0.15) is 0 Å². The van der Waals surface area contributed by atoms with Crippen molar-refractivity contribution >= 4 is 0 Å². The molecule has 3 unspecified atom stereocenters. The fourth-order valence-corrected chi connectivity index (χ4v) is 2.79. The summed E-state index contributed by atoms with van der Waals surface area (Å²) in [5, 5.41) is 0. The quantitative estimate of drug-likeness (QED) is 0.637. The molecule has 2 N–H and O–H groups in total. The largest absolute Gasteiger partial charge is 0.381 e. The van der Waals surface area contributed by atoms with Crippen molar-refractivity contribution in [3.63, 3.8) is 0 Å². The van der Waals surface area contributed by atoms with E-state index in [9.17, 15) is 0 Å². The fourth-order valence-electron chi connectivity index (χ4n) is 2.79. The van der Waals surface area contributed by atoms with Crippen LogP contribution in [0.5, 0.6) is 0 Å². The second-order valence-corrected chi connectivity index (χ2v) is 4.36. The molecule has 0 aliphatic carbocycles. The molecule has 0 aromatic carbocycles. The number of likely N-dealkylation sites (tertiary alicyclic amines) is 1. The maximum Gasteiger partial charge on any atom is 0.0512 e. The van der Waals surface area contributed by atoms with Crippen molar-refractivity contribution in [3.05, 3.63) is 0 Å². The maximum atomic E-state index is 5.78. The van der Waals surface area contributed by atoms with Gasteiger partial charge in [-0.3, -0.25) is 0 Å². The molecular weight excluding hydrogens is 164 g/mol. The first-order chi connectivity index (χ1) is 6.33. The van der Waals surface area contributed by atoms with Gasteiger partial charge in [0.2, 0.25) is 0 Å². The van der Waals surface area contributed by atoms with Crippen molar-refractivity contribution in [1.29, 1.82) is 0 Å². The average Bonchev–Trinajstić information content (AvgIpc) is 2.19. The molecule has 3 heteroatoms. The lowest BCUT2D eigenvalue weighted by atomic mass is 9.78. The number of fused-ring (bicyclic) bond motifs is 1. The van der Waals surface area contributed by atoms with Crippen LogP contribution in [-0.4, -0.2) is 44.3 Å². The minimum atomic E-state index is 0.692. The summed E-state index contributed by atoms with van der Waals surface area (Å²) < 4.78 is 5.54. The highest BCUT2D eigenvalue weighted by Crippen LogP contribution is 2.32. The summed E-state index contributed by atoms with van der Waals surface area (Å²) in [5.74, 6) is 1.39. The first kappa shape index (κ1) is 9.44. The molecule has 2 rings (SSSR count). The van der Waals surface area contributed by atoms with Gasteiger partial charge >= 0.3 is 0 Å². The zero-order chi connectivity index (χ0) is 9.26. The molecule has 2 aliphatic heterocycles. The van der Waals surface area contributed by atoms with Crippen molar-refractivity contribution in [2.24, 2.45) is 17.6 Å². The number of nitrogens with zero attached hydrogens (tertiary/aromatic N) is 1. The van der Waals surface area contributed by atoms with Gasteiger partial charge in [-0.25, -0.2) is 0 Å². The van der Waals surface area contributed by atoms with Crippen LogP contribution in [0.1, 0.15) is 12.8 Å². The van der Waals surface area contributed by atoms with E-state index >= 15 is 0 Å². The SMILES string of the molecule is CN1CCC(CN)C2COCCC21. The zero-order valence-corrected chi connectivity index (χ0v) is 8.41. The van der Waals surface area contributed by atoms with E-state index in [4.69, 9.17) is 10.5 Å². The van der Waals surface area contributed by atoms with Crippen LogP contribution in [0.3, 0.4) is 0 Å². The number of ether oxygens (including phenoxy) is 1. The Morgan fingerprint density at radius 1 is 1.46 bits per heavy atom. The van der Waals surface area contributed by atoms with Crippen molar-refractivity contribution in [2.45, 2.75) is 18.9 Å². The highest BCUT2D eigenvalue weighted by Gasteiger charge is 2.37. The van der Waals surface area contributed by atoms with E-state index < -0.39 is 0 Å². The summed E-state index contributed by atoms with van der Waals surface area (Å²) >= 11 is 0. The molecule has 0 spiro atoms. The van der Waals surface area contributed by atoms with Crippen LogP contribution >= 0.6 is 0 Å². The van der Waals surface area contributed by atoms with Crippen molar-refractivity contribution in [2.75, 3.05) is 33.4 Å². The molecule has 3 nitrogen and oxygen atoms in total. The molecule has 3 atom stereocenters. The predicted molar refractivity (Wildman–Crippen MR) is 52.5 cm³/mol. The standard InChI is InChI=1S/C10H20N2O/c1-12-4-2-8(6-11)9-7-13-5-3-10(9)12/h8-10H,2-7,11H2,1H3. The van der Waals surface area contributed by atoms with Crippen LogP contribution in [0, 0.1) is 11.8 Å². The van der Waals surface area contributed by atoms with Crippen LogP contribution < -0.4 is 5.73 Å². The number of hydrogen-bond donors (Lipinski definition) is 1. The normalized spacial score (nSPS) is 41.5. The molecule has 2 saturated heterocycles. The summed E-state index contributed by atoms with van der Waals surface area (Å²) in [6.07, 6.45) is 2.44. The highest BCUT2D eigenvalue weighted by atomic mass is 16.5. The fraction of sp³-hybridized carbons (Fsp3) is 1.00. The second kappa shape index (κ2) is 3.95. The highest BCUT2D eigenvalue weighted by molar-refractivity contribution is 4.90. The van der Waals surface area contributed by atoms with E-state index in [-0.39, 0.29) is 0 Å². The predicted octanol–water partition coefficient (Wildman–Crippen LogP) is 0.302. The molecular formula is C10H20N2O. The van der Waals surface area contributed by atoms with Crippen molar-refractivity contribution in [1.82, 2.24) is 4.90 Å². The molecule has 2 aliphatic rings. The van der Waals surface area contributed by atoms with Crippen LogP contribution in [-0.2, 0) is 4.74 Å². The van der Waals surface area contributed by atoms with Crippen LogP contribution in [0.2, 0.25) is 0 Å². The number of piperidine rings is 1. The third kappa shape index (κ3) is 1.73. The molecule has 0 radical (unpaired) electrons. The maximum absolute atomic E-state index is 5.78. The second-order valence-electron chi connectivity index (χ2n) is 4.36. The summed E-state index contributed by atoms with van der Waals surface area (Å²) in [5.41, 5.74) is 5.78. The molecule has 0 amide bonds. The smallest absolute Gasteiger partial charge is 0.0512 e. The number of nitrogens with two attached hydrogens (primary N) is 1. The molecule has 0 saturated carbocycles. The molecule has 0 bridgehead atoms. The number of hydrogen-bond acceptors (Lipinski definition) is 3.